The Labute approximate surface area is 63.2 Å². The van der Waals surface area contributed by atoms with E-state index in [0.717, 1.165) is 12.0 Å². The highest BCUT2D eigenvalue weighted by molar-refractivity contribution is 4.77. The van der Waals surface area contributed by atoms with E-state index in [0.29, 0.717) is 0 Å². The molecule has 10 heavy (non-hydrogen) atoms. The Balaban J connectivity index is 1.78. The van der Waals surface area contributed by atoms with E-state index >= 15 is 0 Å². The Morgan fingerprint density at radius 1 is 0.900 bits per heavy atom. The minimum atomic E-state index is 1.03. The fourth-order valence-corrected chi connectivity index (χ4v) is 2.27. The second kappa shape index (κ2) is 2.91. The van der Waals surface area contributed by atoms with Crippen molar-refractivity contribution in [3.63, 3.8) is 0 Å². The summed E-state index contributed by atoms with van der Waals surface area (Å²) in [7, 11) is 0. The molecule has 2 aliphatic rings. The SMILES string of the molecule is C1CC[C@@H](C2CCC2)[NH2+]C1. The highest BCUT2D eigenvalue weighted by Crippen LogP contribution is 2.30. The molecule has 1 atom stereocenters. The lowest BCUT2D eigenvalue weighted by molar-refractivity contribution is -0.705. The summed E-state index contributed by atoms with van der Waals surface area (Å²) in [6, 6.07) is 1.03. The van der Waals surface area contributed by atoms with Crippen LogP contribution in [0.3, 0.4) is 0 Å². The van der Waals surface area contributed by atoms with Crippen molar-refractivity contribution in [1.82, 2.24) is 0 Å². The van der Waals surface area contributed by atoms with E-state index in [1.165, 1.54) is 45.1 Å². The molecule has 1 heterocycles. The largest absolute Gasteiger partial charge is 0.344 e. The molecular formula is C9H18N+. The van der Waals surface area contributed by atoms with Crippen LogP contribution in [0.15, 0.2) is 0 Å². The van der Waals surface area contributed by atoms with Gasteiger partial charge in [-0.25, -0.2) is 0 Å². The summed E-state index contributed by atoms with van der Waals surface area (Å²) in [5.74, 6) is 1.11. The fourth-order valence-electron chi connectivity index (χ4n) is 2.27. The minimum absolute atomic E-state index is 1.03. The predicted octanol–water partition coefficient (Wildman–Crippen LogP) is 0.902. The fraction of sp³-hybridized carbons (Fsp3) is 1.00. The maximum absolute atomic E-state index is 2.59. The smallest absolute Gasteiger partial charge is 0.0887 e. The van der Waals surface area contributed by atoms with Crippen LogP contribution in [0.2, 0.25) is 0 Å². The molecule has 0 amide bonds. The summed E-state index contributed by atoms with van der Waals surface area (Å²) in [6.07, 6.45) is 9.03. The van der Waals surface area contributed by atoms with Crippen LogP contribution >= 0.6 is 0 Å². The first-order chi connectivity index (χ1) is 4.97. The normalized spacial score (nSPS) is 35.4. The second-order valence-corrected chi connectivity index (χ2v) is 3.87. The zero-order chi connectivity index (χ0) is 6.81. The van der Waals surface area contributed by atoms with E-state index < -0.39 is 0 Å². The zero-order valence-corrected chi connectivity index (χ0v) is 6.68. The summed E-state index contributed by atoms with van der Waals surface area (Å²) in [4.78, 5) is 0. The van der Waals surface area contributed by atoms with Crippen LogP contribution in [0.25, 0.3) is 0 Å². The zero-order valence-electron chi connectivity index (χ0n) is 6.68. The van der Waals surface area contributed by atoms with Crippen molar-refractivity contribution >= 4 is 0 Å². The molecule has 58 valence electrons. The van der Waals surface area contributed by atoms with E-state index in [1.807, 2.05) is 0 Å². The van der Waals surface area contributed by atoms with Crippen LogP contribution in [-0.4, -0.2) is 12.6 Å². The number of hydrogen-bond acceptors (Lipinski definition) is 0. The average molecular weight is 140 g/mol. The van der Waals surface area contributed by atoms with Gasteiger partial charge in [-0.1, -0.05) is 6.42 Å². The summed E-state index contributed by atoms with van der Waals surface area (Å²) in [6.45, 7) is 1.40. The summed E-state index contributed by atoms with van der Waals surface area (Å²) in [5.41, 5.74) is 0. The average Bonchev–Trinajstić information content (AvgIpc) is 1.86. The lowest BCUT2D eigenvalue weighted by Crippen LogP contribution is -2.93. The Morgan fingerprint density at radius 2 is 1.80 bits per heavy atom. The van der Waals surface area contributed by atoms with Gasteiger partial charge in [0.2, 0.25) is 0 Å². The Bertz CT molecular complexity index is 101. The minimum Gasteiger partial charge on any atom is -0.344 e. The van der Waals surface area contributed by atoms with Gasteiger partial charge in [0.15, 0.2) is 0 Å². The summed E-state index contributed by atoms with van der Waals surface area (Å²) >= 11 is 0. The maximum atomic E-state index is 2.59. The molecule has 2 N–H and O–H groups in total. The summed E-state index contributed by atoms with van der Waals surface area (Å²) < 4.78 is 0. The lowest BCUT2D eigenvalue weighted by Gasteiger charge is -2.33. The Hall–Kier alpha value is -0.0400. The van der Waals surface area contributed by atoms with Gasteiger partial charge in [-0.15, -0.1) is 0 Å². The molecule has 0 aromatic carbocycles. The molecule has 0 bridgehead atoms. The first-order valence-electron chi connectivity index (χ1n) is 4.80. The van der Waals surface area contributed by atoms with Crippen molar-refractivity contribution in [3.8, 4) is 0 Å². The van der Waals surface area contributed by atoms with E-state index in [9.17, 15) is 0 Å². The monoisotopic (exact) mass is 140 g/mol. The van der Waals surface area contributed by atoms with Crippen molar-refractivity contribution < 1.29 is 5.32 Å². The van der Waals surface area contributed by atoms with Crippen LogP contribution in [0.5, 0.6) is 0 Å². The van der Waals surface area contributed by atoms with Crippen LogP contribution in [0.1, 0.15) is 38.5 Å². The highest BCUT2D eigenvalue weighted by atomic mass is 14.9. The highest BCUT2D eigenvalue weighted by Gasteiger charge is 2.30. The summed E-state index contributed by atoms with van der Waals surface area (Å²) in [5, 5.41) is 2.59. The molecule has 2 fully saturated rings. The van der Waals surface area contributed by atoms with Gasteiger partial charge in [0.25, 0.3) is 0 Å². The van der Waals surface area contributed by atoms with E-state index in [2.05, 4.69) is 5.32 Å². The molecule has 1 saturated carbocycles. The number of hydrogen-bond donors (Lipinski definition) is 1. The van der Waals surface area contributed by atoms with Crippen molar-refractivity contribution in [2.45, 2.75) is 44.6 Å². The molecule has 0 unspecified atom stereocenters. The van der Waals surface area contributed by atoms with Crippen molar-refractivity contribution in [1.29, 1.82) is 0 Å². The van der Waals surface area contributed by atoms with Gasteiger partial charge >= 0.3 is 0 Å². The molecule has 0 aromatic heterocycles. The van der Waals surface area contributed by atoms with Crippen LogP contribution in [0.4, 0.5) is 0 Å². The Morgan fingerprint density at radius 3 is 2.30 bits per heavy atom. The molecule has 0 radical (unpaired) electrons. The quantitative estimate of drug-likeness (QED) is 0.557. The first-order valence-corrected chi connectivity index (χ1v) is 4.80. The molecule has 1 aliphatic heterocycles. The van der Waals surface area contributed by atoms with Gasteiger partial charge in [-0.2, -0.15) is 0 Å². The van der Waals surface area contributed by atoms with Gasteiger partial charge in [-0.05, 0) is 32.1 Å². The number of piperidine rings is 1. The maximum Gasteiger partial charge on any atom is 0.0887 e. The predicted molar refractivity (Wildman–Crippen MR) is 41.8 cm³/mol. The molecule has 2 rings (SSSR count). The first kappa shape index (κ1) is 6.66. The topological polar surface area (TPSA) is 16.6 Å². The molecule has 1 nitrogen and oxygen atoms in total. The van der Waals surface area contributed by atoms with E-state index in [1.54, 1.807) is 0 Å². The molecule has 1 saturated heterocycles. The van der Waals surface area contributed by atoms with E-state index in [-0.39, 0.29) is 0 Å². The Kier molecular flexibility index (Phi) is 1.94. The second-order valence-electron chi connectivity index (χ2n) is 3.87. The van der Waals surface area contributed by atoms with E-state index in [4.69, 9.17) is 0 Å². The third-order valence-electron chi connectivity index (χ3n) is 3.22. The van der Waals surface area contributed by atoms with Crippen molar-refractivity contribution in [3.05, 3.63) is 0 Å². The molecule has 1 heteroatoms. The van der Waals surface area contributed by atoms with Gasteiger partial charge in [0.05, 0.1) is 12.6 Å². The number of rotatable bonds is 1. The third-order valence-corrected chi connectivity index (χ3v) is 3.22. The molecule has 0 spiro atoms. The molecule has 0 aromatic rings. The molecular weight excluding hydrogens is 122 g/mol. The number of quaternary nitrogens is 1. The van der Waals surface area contributed by atoms with Crippen LogP contribution in [-0.2, 0) is 0 Å². The third kappa shape index (κ3) is 1.20. The van der Waals surface area contributed by atoms with Crippen molar-refractivity contribution in [2.24, 2.45) is 5.92 Å². The molecule has 1 aliphatic carbocycles. The van der Waals surface area contributed by atoms with Crippen LogP contribution < -0.4 is 5.32 Å². The van der Waals surface area contributed by atoms with Crippen molar-refractivity contribution in [2.75, 3.05) is 6.54 Å². The standard InChI is InChI=1S/C9H17N/c1-2-7-10-9(6-1)8-4-3-5-8/h8-10H,1-7H2/p+1/t9-/m0/s1. The van der Waals surface area contributed by atoms with Gasteiger partial charge in [-0.3, -0.25) is 0 Å². The van der Waals surface area contributed by atoms with Gasteiger partial charge in [0.1, 0.15) is 0 Å². The number of nitrogens with two attached hydrogens (primary N) is 1. The van der Waals surface area contributed by atoms with Gasteiger partial charge < -0.3 is 5.32 Å². The van der Waals surface area contributed by atoms with Gasteiger partial charge in [0, 0.05) is 5.92 Å². The van der Waals surface area contributed by atoms with Crippen LogP contribution in [0, 0.1) is 5.92 Å². The lowest BCUT2D eigenvalue weighted by atomic mass is 9.77.